The number of H-pyrrole nitrogens is 3. The second-order valence-electron chi connectivity index (χ2n) is 29.3. The van der Waals surface area contributed by atoms with Crippen molar-refractivity contribution >= 4 is 86.3 Å². The fourth-order valence-corrected chi connectivity index (χ4v) is 15.2. The minimum atomic E-state index is -0.440. The van der Waals surface area contributed by atoms with Crippen LogP contribution in [-0.4, -0.2) is 215 Å². The molecule has 6 aromatic rings. The molecule has 10 heterocycles. The quantitative estimate of drug-likeness (QED) is 0.0768. The number of aromatic amines is 3. The largest absolute Gasteiger partial charge is 0.444 e. The van der Waals surface area contributed by atoms with E-state index < -0.39 is 11.2 Å². The molecule has 3 unspecified atom stereocenters. The number of ether oxygens (including phenoxy) is 3. The normalized spacial score (nSPS) is 26.2. The zero-order chi connectivity index (χ0) is 66.0. The zero-order valence-corrected chi connectivity index (χ0v) is 56.3. The first-order valence-corrected chi connectivity index (χ1v) is 32.9. The van der Waals surface area contributed by atoms with Gasteiger partial charge in [0.1, 0.15) is 81.9 Å². The lowest BCUT2D eigenvalue weighted by atomic mass is 10.0. The lowest BCUT2D eigenvalue weighted by Gasteiger charge is -2.28. The Balaban J connectivity index is 0.000000130. The predicted molar refractivity (Wildman–Crippen MR) is 351 cm³/mol. The van der Waals surface area contributed by atoms with E-state index in [9.17, 15) is 24.0 Å². The number of halogens is 1. The average Bonchev–Trinajstić information content (AvgIpc) is 1.68. The molecule has 5 N–H and O–H groups in total. The van der Waals surface area contributed by atoms with Gasteiger partial charge < -0.3 is 69.0 Å². The zero-order valence-electron chi connectivity index (χ0n) is 55.5. The van der Waals surface area contributed by atoms with Gasteiger partial charge in [-0.15, -0.1) is 0 Å². The van der Waals surface area contributed by atoms with Gasteiger partial charge in [-0.25, -0.2) is 44.3 Å². The molecule has 8 fully saturated rings. The molecule has 4 amide bonds. The minimum absolute atomic E-state index is 0.144. The summed E-state index contributed by atoms with van der Waals surface area (Å²) in [6, 6.07) is 7.41. The maximum Gasteiger partial charge on any atom is 0.410 e. The number of rotatable bonds is 6. The predicted octanol–water partition coefficient (Wildman–Crippen LogP) is 8.96. The third-order valence-electron chi connectivity index (χ3n) is 19.3. The SMILES string of the molecule is CC(C)(C)OC(=O)N1C[C@H]2CC(=O)C[C@H]2C1.CN(c1ncnc2[nH]ccc12)C1C[C@@H]2CN(C(=O)CO)C[C@@H]2C1.CN(c1ncnc2[nH]ccc12)C1C[C@@H]2CN(C(=O)OC(C)(C)C)C[C@@H]2C1.CNC1C[C@@H]2CN(C(=O)OC(C)(C)C)C[C@@H]2C1.Clc1ncnc2[nH]ccc12. The molecule has 0 aromatic carbocycles. The molecule has 0 bridgehead atoms. The molecule has 4 saturated heterocycles. The van der Waals surface area contributed by atoms with Crippen molar-refractivity contribution in [3.63, 3.8) is 0 Å². The number of aliphatic hydroxyl groups is 1. The third-order valence-corrected chi connectivity index (χ3v) is 19.6. The Hall–Kier alpha value is -7.38. The first kappa shape index (κ1) is 67.5. The first-order valence-electron chi connectivity index (χ1n) is 32.6. The summed E-state index contributed by atoms with van der Waals surface area (Å²) in [4.78, 5) is 105. The van der Waals surface area contributed by atoms with Gasteiger partial charge in [0, 0.05) is 116 Å². The Labute approximate surface area is 543 Å². The number of nitrogens with zero attached hydrogens (tertiary/aromatic N) is 12. The van der Waals surface area contributed by atoms with Gasteiger partial charge in [0.15, 0.2) is 0 Å². The summed E-state index contributed by atoms with van der Waals surface area (Å²) in [5.74, 6) is 6.36. The highest BCUT2D eigenvalue weighted by atomic mass is 35.5. The Morgan fingerprint density at radius 3 is 1.20 bits per heavy atom. The second kappa shape index (κ2) is 28.1. The standard InChI is InChI=1S/C19H27N5O2.C16H21N5O2.C13H24N2O2.C12H19NO3.C6H4ClN3/c1-19(2,3)26-18(25)24-9-12-7-14(8-13(12)10-24)23(4)17-15-5-6-20-16(15)21-11-22-17;1-20(16-13-2-3-17-15(13)18-9-19-16)12-4-10-6-21(14(23)8-22)7-11(10)5-12;1-13(2,3)17-12(16)15-7-9-5-11(14-4)6-10(9)8-15;1-12(2,3)16-11(15)13-6-8-4-10(14)5-9(8)7-13;7-5-4-1-2-8-6(4)10-3-9-5/h5-6,11-14H,7-10H2,1-4H3,(H,20,21,22);2-3,9-12,22H,4-8H2,1H3,(H,17,18,19);9-11,14H,5-8H2,1-4H3;8-9H,4-7H2,1-3H3;1-3H,(H,8,9,10)/t12-,13+,14?;10-,11+,12?;9-,10+,11?;8-,9+;. The molecule has 0 radical (unpaired) electrons. The van der Waals surface area contributed by atoms with E-state index in [0.29, 0.717) is 102 Å². The summed E-state index contributed by atoms with van der Waals surface area (Å²) in [6.45, 7) is 23.0. The maximum atomic E-state index is 12.3. The van der Waals surface area contributed by atoms with Gasteiger partial charge in [0.2, 0.25) is 5.91 Å². The maximum absolute atomic E-state index is 12.3. The van der Waals surface area contributed by atoms with Crippen LogP contribution in [0.15, 0.2) is 55.8 Å². The smallest absolute Gasteiger partial charge is 0.410 e. The summed E-state index contributed by atoms with van der Waals surface area (Å²) in [5, 5.41) is 15.8. The molecule has 0 spiro atoms. The summed E-state index contributed by atoms with van der Waals surface area (Å²) < 4.78 is 16.3. The molecule has 4 saturated carbocycles. The van der Waals surface area contributed by atoms with Crippen molar-refractivity contribution in [3.05, 3.63) is 60.9 Å². The van der Waals surface area contributed by atoms with E-state index in [2.05, 4.69) is 74.1 Å². The summed E-state index contributed by atoms with van der Waals surface area (Å²) in [7, 11) is 6.24. The van der Waals surface area contributed by atoms with E-state index >= 15 is 0 Å². The van der Waals surface area contributed by atoms with Crippen molar-refractivity contribution in [2.45, 2.75) is 149 Å². The van der Waals surface area contributed by atoms with Gasteiger partial charge in [-0.05, 0) is 173 Å². The van der Waals surface area contributed by atoms with Gasteiger partial charge in [-0.2, -0.15) is 0 Å². The number of aliphatic hydroxyl groups excluding tert-OH is 1. The lowest BCUT2D eigenvalue weighted by molar-refractivity contribution is -0.133. The molecule has 11 atom stereocenters. The van der Waals surface area contributed by atoms with Gasteiger partial charge in [-0.1, -0.05) is 11.6 Å². The number of nitrogens with one attached hydrogen (secondary N) is 4. The number of likely N-dealkylation sites (tertiary alicyclic amines) is 4. The van der Waals surface area contributed by atoms with E-state index in [1.165, 1.54) is 19.2 Å². The van der Waals surface area contributed by atoms with Crippen LogP contribution in [-0.2, 0) is 23.8 Å². The highest BCUT2D eigenvalue weighted by Gasteiger charge is 2.47. The van der Waals surface area contributed by atoms with Crippen LogP contribution in [0, 0.1) is 47.3 Å². The van der Waals surface area contributed by atoms with E-state index in [0.717, 1.165) is 110 Å². The minimum Gasteiger partial charge on any atom is -0.444 e. The van der Waals surface area contributed by atoms with Crippen molar-refractivity contribution in [3.8, 4) is 0 Å². The van der Waals surface area contributed by atoms with Crippen molar-refractivity contribution in [1.29, 1.82) is 0 Å². The van der Waals surface area contributed by atoms with Crippen LogP contribution in [0.2, 0.25) is 5.15 Å². The fraction of sp³-hybridized carbons (Fsp3) is 0.652. The number of carbonyl (C=O) groups excluding carboxylic acids is 5. The number of carbonyl (C=O) groups is 5. The second-order valence-corrected chi connectivity index (χ2v) is 29.7. The van der Waals surface area contributed by atoms with E-state index in [4.69, 9.17) is 30.9 Å². The Morgan fingerprint density at radius 1 is 0.522 bits per heavy atom. The summed E-state index contributed by atoms with van der Waals surface area (Å²) in [5.41, 5.74) is 1.25. The number of Topliss-reactive ketones (excluding diaryl/α,β-unsaturated/α-hetero) is 1. The van der Waals surface area contributed by atoms with E-state index in [1.54, 1.807) is 28.7 Å². The van der Waals surface area contributed by atoms with Crippen LogP contribution < -0.4 is 15.1 Å². The van der Waals surface area contributed by atoms with Crippen LogP contribution in [0.25, 0.3) is 33.1 Å². The van der Waals surface area contributed by atoms with Crippen molar-refractivity contribution < 1.29 is 43.3 Å². The molecule has 8 aliphatic rings. The molecule has 92 heavy (non-hydrogen) atoms. The van der Waals surface area contributed by atoms with Crippen molar-refractivity contribution in [2.75, 3.05) is 89.9 Å². The summed E-state index contributed by atoms with van der Waals surface area (Å²) >= 11 is 5.73. The topological polar surface area (TPSA) is 289 Å². The molecule has 14 rings (SSSR count). The van der Waals surface area contributed by atoms with E-state index in [1.807, 2.05) is 110 Å². The van der Waals surface area contributed by atoms with Gasteiger partial charge in [0.25, 0.3) is 0 Å². The molecular weight excluding hydrogens is 1200 g/mol. The number of hydrogen-bond acceptors (Lipinski definition) is 18. The number of anilines is 2. The van der Waals surface area contributed by atoms with Crippen molar-refractivity contribution in [2.24, 2.45) is 47.3 Å². The van der Waals surface area contributed by atoms with Crippen molar-refractivity contribution in [1.82, 2.24) is 69.8 Å². The monoisotopic (exact) mass is 1290 g/mol. The third kappa shape index (κ3) is 16.3. The van der Waals surface area contributed by atoms with Crippen LogP contribution in [0.3, 0.4) is 0 Å². The van der Waals surface area contributed by atoms with Crippen LogP contribution in [0.5, 0.6) is 0 Å². The molecule has 25 nitrogen and oxygen atoms in total. The van der Waals surface area contributed by atoms with Crippen LogP contribution >= 0.6 is 11.6 Å². The van der Waals surface area contributed by atoms with E-state index in [-0.39, 0.29) is 36.4 Å². The van der Waals surface area contributed by atoms with Crippen LogP contribution in [0.1, 0.15) is 114 Å². The lowest BCUT2D eigenvalue weighted by Crippen LogP contribution is -2.37. The fourth-order valence-electron chi connectivity index (χ4n) is 15.0. The first-order chi connectivity index (χ1) is 43.6. The molecule has 26 heteroatoms. The number of ketones is 1. The molecule has 6 aromatic heterocycles. The number of hydrogen-bond donors (Lipinski definition) is 5. The van der Waals surface area contributed by atoms with Gasteiger partial charge >= 0.3 is 18.3 Å². The molecule has 4 aliphatic carbocycles. The Bertz CT molecular complexity index is 3480. The number of amides is 4. The van der Waals surface area contributed by atoms with Gasteiger partial charge in [0.05, 0.1) is 16.2 Å². The highest BCUT2D eigenvalue weighted by molar-refractivity contribution is 6.33. The van der Waals surface area contributed by atoms with Gasteiger partial charge in [-0.3, -0.25) is 9.59 Å². The molecule has 4 aliphatic heterocycles. The number of aromatic nitrogens is 9. The average molecular weight is 1290 g/mol. The molecular formula is C66H95ClN16O9. The molecule has 500 valence electrons. The highest BCUT2D eigenvalue weighted by Crippen LogP contribution is 2.44. The number of fused-ring (bicyclic) bond motifs is 7. The van der Waals surface area contributed by atoms with Crippen LogP contribution in [0.4, 0.5) is 26.0 Å². The summed E-state index contributed by atoms with van der Waals surface area (Å²) in [6.07, 6.45) is 17.6. The Morgan fingerprint density at radius 2 is 0.848 bits per heavy atom. The Kier molecular flexibility index (Phi) is 20.6.